The molecule has 12 heteroatoms. The number of anilines is 1. The number of amides is 6. The quantitative estimate of drug-likeness (QED) is 0.0951. The van der Waals surface area contributed by atoms with Crippen LogP contribution < -0.4 is 4.90 Å². The molecular weight excluding hydrogens is 973 g/mol. The van der Waals surface area contributed by atoms with Crippen LogP contribution in [0.1, 0.15) is 278 Å². The van der Waals surface area contributed by atoms with E-state index in [0.29, 0.717) is 36.0 Å². The topological polar surface area (TPSA) is 122 Å². The van der Waals surface area contributed by atoms with Gasteiger partial charge < -0.3 is 29.4 Å². The van der Waals surface area contributed by atoms with Crippen molar-refractivity contribution in [2.75, 3.05) is 77.4 Å². The van der Waals surface area contributed by atoms with Crippen LogP contribution >= 0.6 is 0 Å². The number of hydrogen-bond acceptors (Lipinski definition) is 6. The van der Waals surface area contributed by atoms with Crippen LogP contribution in [0.2, 0.25) is 0 Å². The normalized spacial score (nSPS) is 18.2. The highest BCUT2D eigenvalue weighted by atomic mass is 16.2. The van der Waals surface area contributed by atoms with Crippen molar-refractivity contribution in [2.24, 2.45) is 0 Å². The smallest absolute Gasteiger partial charge is 0.227 e. The summed E-state index contributed by atoms with van der Waals surface area (Å²) in [5.41, 5.74) is 1.03. The average Bonchev–Trinajstić information content (AvgIpc) is 3.74. The molecule has 0 N–H and O–H groups in total. The van der Waals surface area contributed by atoms with E-state index in [1.807, 2.05) is 61.9 Å². The minimum atomic E-state index is 0.251. The summed E-state index contributed by atoms with van der Waals surface area (Å²) in [5, 5.41) is 0. The van der Waals surface area contributed by atoms with Gasteiger partial charge in [-0.25, -0.2) is 0 Å². The minimum Gasteiger partial charge on any atom is -0.346 e. The summed E-state index contributed by atoms with van der Waals surface area (Å²) in [6.45, 7) is 18.6. The predicted octanol–water partition coefficient (Wildman–Crippen LogP) is 15.1. The number of carbonyl (C=O) groups is 6. The summed E-state index contributed by atoms with van der Waals surface area (Å²) in [4.78, 5) is 80.0. The van der Waals surface area contributed by atoms with Gasteiger partial charge in [0.15, 0.2) is 0 Å². The van der Waals surface area contributed by atoms with Crippen LogP contribution in [0.25, 0.3) is 0 Å². The molecular formula is C66H118N6O6. The van der Waals surface area contributed by atoms with E-state index >= 15 is 0 Å². The molecule has 6 heterocycles. The number of rotatable bonds is 24. The maximum absolute atomic E-state index is 11.7. The molecule has 0 aliphatic carbocycles. The molecule has 448 valence electrons. The van der Waals surface area contributed by atoms with Crippen LogP contribution in [-0.2, 0) is 28.8 Å². The van der Waals surface area contributed by atoms with Crippen LogP contribution in [0.3, 0.4) is 0 Å². The second kappa shape index (κ2) is 47.8. The third-order valence-corrected chi connectivity index (χ3v) is 16.0. The lowest BCUT2D eigenvalue weighted by Gasteiger charge is -2.20. The van der Waals surface area contributed by atoms with Crippen LogP contribution in [0.15, 0.2) is 30.3 Å². The van der Waals surface area contributed by atoms with Crippen molar-refractivity contribution in [1.82, 2.24) is 24.5 Å². The first kappa shape index (κ1) is 70.1. The van der Waals surface area contributed by atoms with Crippen LogP contribution in [0, 0.1) is 0 Å². The highest BCUT2D eigenvalue weighted by Gasteiger charge is 2.22. The fourth-order valence-electron chi connectivity index (χ4n) is 10.9. The molecule has 6 aliphatic rings. The van der Waals surface area contributed by atoms with Gasteiger partial charge in [-0.15, -0.1) is 0 Å². The summed E-state index contributed by atoms with van der Waals surface area (Å²) < 4.78 is 0. The monoisotopic (exact) mass is 1090 g/mol. The van der Waals surface area contributed by atoms with Crippen molar-refractivity contribution in [3.63, 3.8) is 0 Å². The third-order valence-electron chi connectivity index (χ3n) is 16.0. The number of carbonyl (C=O) groups excluding carboxylic acids is 6. The molecule has 0 aromatic heterocycles. The van der Waals surface area contributed by atoms with E-state index in [9.17, 15) is 28.8 Å². The molecule has 0 saturated carbocycles. The van der Waals surface area contributed by atoms with Crippen molar-refractivity contribution in [3.8, 4) is 0 Å². The highest BCUT2D eigenvalue weighted by Crippen LogP contribution is 2.21. The Morgan fingerprint density at radius 3 is 1.01 bits per heavy atom. The molecule has 6 aliphatic heterocycles. The highest BCUT2D eigenvalue weighted by molar-refractivity contribution is 5.95. The van der Waals surface area contributed by atoms with Crippen molar-refractivity contribution < 1.29 is 28.8 Å². The standard InChI is InChI=1S/C16H31NO.C14H27NO.C10H11NO.C10H19NO.C9H17NO.C7H13NO/c1-2-3-4-5-6-7-8-9-10-11-14-17-15-12-13-16(17)18;1-2-3-4-5-6-9-12-15-13-10-7-8-11-14(15)16;12-10-7-4-8-11(10)9-5-2-1-3-6-9;1-2-3-8-11-9-6-4-5-7-10(11)12;1-2-7-10-8-5-3-4-6-9(10)11;1-8-6-4-2-3-5-7(8)9/h2-15H2,1H3;2-13H2,1H3;1-3,5-6H,4,7-8H2;2-9H2,1H3;2-8H2,1H3;2-6H2,1H3. The van der Waals surface area contributed by atoms with Gasteiger partial charge in [-0.3, -0.25) is 28.8 Å². The first-order chi connectivity index (χ1) is 38.1. The predicted molar refractivity (Wildman–Crippen MR) is 326 cm³/mol. The number of hydrogen-bond donors (Lipinski definition) is 0. The minimum absolute atomic E-state index is 0.251. The van der Waals surface area contributed by atoms with Gasteiger partial charge in [0.25, 0.3) is 0 Å². The van der Waals surface area contributed by atoms with Gasteiger partial charge in [0.2, 0.25) is 35.4 Å². The molecule has 6 amide bonds. The van der Waals surface area contributed by atoms with Gasteiger partial charge in [-0.1, -0.05) is 168 Å². The summed E-state index contributed by atoms with van der Waals surface area (Å²) in [7, 11) is 1.88. The van der Waals surface area contributed by atoms with E-state index in [0.717, 1.165) is 155 Å². The molecule has 7 rings (SSSR count). The van der Waals surface area contributed by atoms with Crippen molar-refractivity contribution in [3.05, 3.63) is 30.3 Å². The molecule has 1 aromatic carbocycles. The Bertz CT molecular complexity index is 1690. The van der Waals surface area contributed by atoms with Crippen molar-refractivity contribution in [1.29, 1.82) is 0 Å². The molecule has 0 atom stereocenters. The Kier molecular flexibility index (Phi) is 43.0. The van der Waals surface area contributed by atoms with E-state index in [1.54, 1.807) is 0 Å². The van der Waals surface area contributed by atoms with Gasteiger partial charge in [0.05, 0.1) is 0 Å². The maximum Gasteiger partial charge on any atom is 0.227 e. The number of likely N-dealkylation sites (tertiary alicyclic amines) is 5. The second-order valence-electron chi connectivity index (χ2n) is 23.0. The lowest BCUT2D eigenvalue weighted by atomic mass is 10.1. The van der Waals surface area contributed by atoms with Gasteiger partial charge in [0.1, 0.15) is 0 Å². The maximum atomic E-state index is 11.7. The van der Waals surface area contributed by atoms with E-state index < -0.39 is 0 Å². The summed E-state index contributed by atoms with van der Waals surface area (Å²) in [6.07, 6.45) is 45.8. The number of para-hydroxylation sites is 1. The van der Waals surface area contributed by atoms with Crippen LogP contribution in [0.5, 0.6) is 0 Å². The summed E-state index contributed by atoms with van der Waals surface area (Å²) in [6, 6.07) is 9.83. The van der Waals surface area contributed by atoms with Gasteiger partial charge in [0, 0.05) is 117 Å². The third kappa shape index (κ3) is 34.2. The van der Waals surface area contributed by atoms with E-state index in [-0.39, 0.29) is 5.91 Å². The zero-order valence-corrected chi connectivity index (χ0v) is 51.2. The zero-order chi connectivity index (χ0) is 56.7. The van der Waals surface area contributed by atoms with Gasteiger partial charge in [-0.05, 0) is 102 Å². The first-order valence-electron chi connectivity index (χ1n) is 32.8. The van der Waals surface area contributed by atoms with E-state index in [4.69, 9.17) is 0 Å². The summed E-state index contributed by atoms with van der Waals surface area (Å²) in [5.74, 6) is 2.08. The number of benzene rings is 1. The molecule has 78 heavy (non-hydrogen) atoms. The van der Waals surface area contributed by atoms with Crippen molar-refractivity contribution in [2.45, 2.75) is 278 Å². The van der Waals surface area contributed by atoms with E-state index in [2.05, 4.69) is 32.6 Å². The molecule has 0 spiro atoms. The molecule has 6 saturated heterocycles. The van der Waals surface area contributed by atoms with Crippen LogP contribution in [0.4, 0.5) is 5.69 Å². The van der Waals surface area contributed by atoms with Crippen LogP contribution in [-0.4, -0.2) is 132 Å². The molecule has 0 bridgehead atoms. The molecule has 12 nitrogen and oxygen atoms in total. The average molecular weight is 1090 g/mol. The fourth-order valence-corrected chi connectivity index (χ4v) is 10.9. The Morgan fingerprint density at radius 2 is 0.628 bits per heavy atom. The van der Waals surface area contributed by atoms with Gasteiger partial charge in [-0.2, -0.15) is 0 Å². The number of nitrogens with zero attached hydrogens (tertiary/aromatic N) is 6. The Hall–Kier alpha value is -3.96. The van der Waals surface area contributed by atoms with E-state index in [1.165, 1.54) is 161 Å². The molecule has 1 aromatic rings. The molecule has 0 unspecified atom stereocenters. The second-order valence-corrected chi connectivity index (χ2v) is 23.0. The Morgan fingerprint density at radius 1 is 0.295 bits per heavy atom. The largest absolute Gasteiger partial charge is 0.346 e. The SMILES string of the molecule is CCCCCCCCCCCCN1CCCC1=O.CCCCCCCCN1CCCCCC1=O.CCCCN1CCCCCC1=O.CCCN1CCCCCC1=O.CN1CCCCCC1=O.O=C1CCCN1c1ccccc1. The zero-order valence-electron chi connectivity index (χ0n) is 51.2. The molecule has 6 fully saturated rings. The Balaban J connectivity index is 0.000000324. The molecule has 0 radical (unpaired) electrons. The summed E-state index contributed by atoms with van der Waals surface area (Å²) >= 11 is 0. The lowest BCUT2D eigenvalue weighted by Crippen LogP contribution is -2.31. The first-order valence-corrected chi connectivity index (χ1v) is 32.8. The number of unbranched alkanes of at least 4 members (excludes halogenated alkanes) is 15. The van der Waals surface area contributed by atoms with Crippen molar-refractivity contribution >= 4 is 41.1 Å². The Labute approximate surface area is 478 Å². The fraction of sp³-hybridized carbons (Fsp3) is 0.818. The van der Waals surface area contributed by atoms with Gasteiger partial charge >= 0.3 is 0 Å². The lowest BCUT2D eigenvalue weighted by molar-refractivity contribution is -0.131.